The van der Waals surface area contributed by atoms with Gasteiger partial charge in [0.1, 0.15) is 11.5 Å². The second-order valence-corrected chi connectivity index (χ2v) is 5.50. The van der Waals surface area contributed by atoms with Crippen molar-refractivity contribution in [2.75, 3.05) is 11.9 Å². The van der Waals surface area contributed by atoms with E-state index in [0.717, 1.165) is 17.0 Å². The third-order valence-electron chi connectivity index (χ3n) is 3.47. The topological polar surface area (TPSA) is 62.7 Å². The van der Waals surface area contributed by atoms with Gasteiger partial charge >= 0.3 is 0 Å². The van der Waals surface area contributed by atoms with Crippen LogP contribution in [0, 0.1) is 0 Å². The van der Waals surface area contributed by atoms with Gasteiger partial charge in [-0.1, -0.05) is 48.5 Å². The fourth-order valence-electron chi connectivity index (χ4n) is 2.24. The lowest BCUT2D eigenvalue weighted by atomic mass is 10.2. The summed E-state index contributed by atoms with van der Waals surface area (Å²) in [7, 11) is 0. The summed E-state index contributed by atoms with van der Waals surface area (Å²) in [6, 6.07) is 26.6. The van der Waals surface area contributed by atoms with Gasteiger partial charge < -0.3 is 10.1 Å². The summed E-state index contributed by atoms with van der Waals surface area (Å²) < 4.78 is 5.77. The zero-order chi connectivity index (χ0) is 18.0. The van der Waals surface area contributed by atoms with E-state index in [1.807, 2.05) is 84.9 Å². The third kappa shape index (κ3) is 5.49. The Balaban J connectivity index is 1.50. The lowest BCUT2D eigenvalue weighted by Gasteiger charge is -2.06. The monoisotopic (exact) mass is 345 g/mol. The fraction of sp³-hybridized carbons (Fsp3) is 0.0476. The van der Waals surface area contributed by atoms with Gasteiger partial charge in [-0.05, 0) is 42.0 Å². The number of ether oxygens (including phenoxy) is 1. The summed E-state index contributed by atoms with van der Waals surface area (Å²) in [6.45, 7) is 0.151. The molecule has 0 unspecified atom stereocenters. The molecule has 5 heteroatoms. The van der Waals surface area contributed by atoms with E-state index >= 15 is 0 Å². The van der Waals surface area contributed by atoms with E-state index < -0.39 is 0 Å². The van der Waals surface area contributed by atoms with Crippen molar-refractivity contribution in [3.8, 4) is 11.5 Å². The quantitative estimate of drug-likeness (QED) is 0.502. The SMILES string of the molecule is O=C(CNc1ccccc1)N/N=C/c1cccc(Oc2ccccc2)c1. The molecule has 130 valence electrons. The molecule has 0 saturated carbocycles. The Morgan fingerprint density at radius 3 is 2.35 bits per heavy atom. The molecular formula is C21H19N3O2. The largest absolute Gasteiger partial charge is 0.457 e. The van der Waals surface area contributed by atoms with E-state index in [-0.39, 0.29) is 12.5 Å². The number of carbonyl (C=O) groups excluding carboxylic acids is 1. The van der Waals surface area contributed by atoms with Crippen molar-refractivity contribution in [1.82, 2.24) is 5.43 Å². The number of para-hydroxylation sites is 2. The highest BCUT2D eigenvalue weighted by Crippen LogP contribution is 2.21. The molecule has 0 radical (unpaired) electrons. The number of hydrogen-bond donors (Lipinski definition) is 2. The molecule has 0 atom stereocenters. The first-order valence-electron chi connectivity index (χ1n) is 8.23. The Morgan fingerprint density at radius 2 is 1.58 bits per heavy atom. The second kappa shape index (κ2) is 9.03. The molecular weight excluding hydrogens is 326 g/mol. The molecule has 0 aromatic heterocycles. The average molecular weight is 345 g/mol. The van der Waals surface area contributed by atoms with E-state index in [1.165, 1.54) is 0 Å². The number of anilines is 1. The normalized spacial score (nSPS) is 10.5. The Morgan fingerprint density at radius 1 is 0.885 bits per heavy atom. The van der Waals surface area contributed by atoms with Gasteiger partial charge in [-0.25, -0.2) is 5.43 Å². The van der Waals surface area contributed by atoms with Crippen LogP contribution in [-0.2, 0) is 4.79 Å². The first kappa shape index (κ1) is 17.2. The van der Waals surface area contributed by atoms with Crippen LogP contribution < -0.4 is 15.5 Å². The molecule has 1 amide bonds. The number of amides is 1. The molecule has 0 heterocycles. The van der Waals surface area contributed by atoms with E-state index in [2.05, 4.69) is 15.8 Å². The molecule has 3 rings (SSSR count). The Bertz CT molecular complexity index is 865. The molecule has 3 aromatic carbocycles. The number of nitrogens with one attached hydrogen (secondary N) is 2. The van der Waals surface area contributed by atoms with Crippen molar-refractivity contribution in [3.05, 3.63) is 90.5 Å². The Hall–Kier alpha value is -3.60. The summed E-state index contributed by atoms with van der Waals surface area (Å²) in [5.74, 6) is 1.25. The van der Waals surface area contributed by atoms with Gasteiger partial charge in [0.15, 0.2) is 0 Å². The standard InChI is InChI=1S/C21H19N3O2/c25-21(16-22-18-9-3-1-4-10-18)24-23-15-17-8-7-13-20(14-17)26-19-11-5-2-6-12-19/h1-15,22H,16H2,(H,24,25)/b23-15+. The maximum absolute atomic E-state index is 11.8. The van der Waals surface area contributed by atoms with Gasteiger partial charge in [0.05, 0.1) is 12.8 Å². The number of hydrazone groups is 1. The average Bonchev–Trinajstić information content (AvgIpc) is 2.68. The molecule has 0 fully saturated rings. The van der Waals surface area contributed by atoms with Crippen LogP contribution >= 0.6 is 0 Å². The summed E-state index contributed by atoms with van der Waals surface area (Å²) in [5.41, 5.74) is 4.21. The number of nitrogens with zero attached hydrogens (tertiary/aromatic N) is 1. The highest BCUT2D eigenvalue weighted by Gasteiger charge is 2.00. The van der Waals surface area contributed by atoms with Gasteiger partial charge in [0, 0.05) is 5.69 Å². The van der Waals surface area contributed by atoms with Gasteiger partial charge in [-0.3, -0.25) is 4.79 Å². The van der Waals surface area contributed by atoms with E-state index in [4.69, 9.17) is 4.74 Å². The van der Waals surface area contributed by atoms with Crippen molar-refractivity contribution in [2.24, 2.45) is 5.10 Å². The molecule has 3 aromatic rings. The maximum atomic E-state index is 11.8. The lowest BCUT2D eigenvalue weighted by Crippen LogP contribution is -2.25. The number of carbonyl (C=O) groups is 1. The van der Waals surface area contributed by atoms with Gasteiger partial charge in [-0.15, -0.1) is 0 Å². The fourth-order valence-corrected chi connectivity index (χ4v) is 2.24. The zero-order valence-corrected chi connectivity index (χ0v) is 14.1. The summed E-state index contributed by atoms with van der Waals surface area (Å²) in [6.07, 6.45) is 1.58. The van der Waals surface area contributed by atoms with Crippen molar-refractivity contribution >= 4 is 17.8 Å². The van der Waals surface area contributed by atoms with Crippen LogP contribution in [0.5, 0.6) is 11.5 Å². The first-order chi connectivity index (χ1) is 12.8. The van der Waals surface area contributed by atoms with Crippen molar-refractivity contribution in [1.29, 1.82) is 0 Å². The van der Waals surface area contributed by atoms with E-state index in [1.54, 1.807) is 6.21 Å². The lowest BCUT2D eigenvalue weighted by molar-refractivity contribution is -0.119. The molecule has 0 aliphatic heterocycles. The minimum absolute atomic E-state index is 0.151. The predicted octanol–water partition coefficient (Wildman–Crippen LogP) is 4.04. The molecule has 0 spiro atoms. The highest BCUT2D eigenvalue weighted by molar-refractivity contribution is 5.84. The van der Waals surface area contributed by atoms with Crippen LogP contribution in [0.2, 0.25) is 0 Å². The van der Waals surface area contributed by atoms with Crippen molar-refractivity contribution in [2.45, 2.75) is 0 Å². The summed E-state index contributed by atoms with van der Waals surface area (Å²) >= 11 is 0. The van der Waals surface area contributed by atoms with Crippen LogP contribution in [0.4, 0.5) is 5.69 Å². The number of hydrogen-bond acceptors (Lipinski definition) is 4. The minimum atomic E-state index is -0.221. The molecule has 0 aliphatic rings. The molecule has 2 N–H and O–H groups in total. The molecule has 0 bridgehead atoms. The van der Waals surface area contributed by atoms with E-state index in [9.17, 15) is 4.79 Å². The van der Waals surface area contributed by atoms with Crippen molar-refractivity contribution in [3.63, 3.8) is 0 Å². The molecule has 26 heavy (non-hydrogen) atoms. The van der Waals surface area contributed by atoms with Crippen LogP contribution in [0.25, 0.3) is 0 Å². The van der Waals surface area contributed by atoms with Crippen LogP contribution in [0.1, 0.15) is 5.56 Å². The van der Waals surface area contributed by atoms with E-state index in [0.29, 0.717) is 5.75 Å². The van der Waals surface area contributed by atoms with Crippen LogP contribution in [0.15, 0.2) is 90.0 Å². The summed E-state index contributed by atoms with van der Waals surface area (Å²) in [5, 5.41) is 7.01. The van der Waals surface area contributed by atoms with Crippen molar-refractivity contribution < 1.29 is 9.53 Å². The minimum Gasteiger partial charge on any atom is -0.457 e. The van der Waals surface area contributed by atoms with Gasteiger partial charge in [0.25, 0.3) is 5.91 Å². The Kier molecular flexibility index (Phi) is 5.99. The van der Waals surface area contributed by atoms with Gasteiger partial charge in [0.2, 0.25) is 0 Å². The smallest absolute Gasteiger partial charge is 0.259 e. The number of rotatable bonds is 7. The van der Waals surface area contributed by atoms with Crippen LogP contribution in [-0.4, -0.2) is 18.7 Å². The summed E-state index contributed by atoms with van der Waals surface area (Å²) in [4.78, 5) is 11.8. The first-order valence-corrected chi connectivity index (χ1v) is 8.23. The maximum Gasteiger partial charge on any atom is 0.259 e. The molecule has 0 saturated heterocycles. The predicted molar refractivity (Wildman–Crippen MR) is 104 cm³/mol. The van der Waals surface area contributed by atoms with Crippen LogP contribution in [0.3, 0.4) is 0 Å². The second-order valence-electron chi connectivity index (χ2n) is 5.50. The number of benzene rings is 3. The van der Waals surface area contributed by atoms with Gasteiger partial charge in [-0.2, -0.15) is 5.10 Å². The molecule has 5 nitrogen and oxygen atoms in total. The Labute approximate surface area is 152 Å². The molecule has 0 aliphatic carbocycles. The third-order valence-corrected chi connectivity index (χ3v) is 3.47. The highest BCUT2D eigenvalue weighted by atomic mass is 16.5. The zero-order valence-electron chi connectivity index (χ0n) is 14.1.